The molecule has 1 aromatic rings. The number of nitrogens with two attached hydrogens (primary N) is 1. The van der Waals surface area contributed by atoms with Crippen molar-refractivity contribution in [1.29, 1.82) is 0 Å². The summed E-state index contributed by atoms with van der Waals surface area (Å²) in [5.41, 5.74) is 6.92. The highest BCUT2D eigenvalue weighted by atomic mass is 32.1. The number of nitro groups is 1. The first-order valence-corrected chi connectivity index (χ1v) is 5.55. The van der Waals surface area contributed by atoms with Crippen molar-refractivity contribution in [3.63, 3.8) is 0 Å². The Hall–Kier alpha value is -0.940. The maximum atomic E-state index is 10.5. The van der Waals surface area contributed by atoms with E-state index in [4.69, 9.17) is 5.73 Å². The minimum absolute atomic E-state index is 0.00583. The van der Waals surface area contributed by atoms with Crippen LogP contribution in [0.25, 0.3) is 0 Å². The minimum Gasteiger partial charge on any atom is -0.324 e. The zero-order chi connectivity index (χ0) is 10.1. The highest BCUT2D eigenvalue weighted by Crippen LogP contribution is 2.38. The van der Waals surface area contributed by atoms with Crippen LogP contribution in [-0.4, -0.2) is 4.92 Å². The van der Waals surface area contributed by atoms with Crippen molar-refractivity contribution < 1.29 is 4.92 Å². The molecule has 1 saturated carbocycles. The van der Waals surface area contributed by atoms with E-state index in [0.717, 1.165) is 29.7 Å². The maximum absolute atomic E-state index is 10.5. The average Bonchev–Trinajstić information content (AvgIpc) is 2.48. The van der Waals surface area contributed by atoms with E-state index in [-0.39, 0.29) is 16.0 Å². The molecule has 2 rings (SSSR count). The van der Waals surface area contributed by atoms with E-state index < -0.39 is 0 Å². The molecule has 2 N–H and O–H groups in total. The average molecular weight is 212 g/mol. The molecule has 0 radical (unpaired) electrons. The lowest BCUT2D eigenvalue weighted by Crippen LogP contribution is -2.26. The third-order valence-electron chi connectivity index (χ3n) is 2.83. The Labute approximate surface area is 85.9 Å². The van der Waals surface area contributed by atoms with Crippen molar-refractivity contribution in [2.24, 2.45) is 11.7 Å². The molecule has 1 aromatic heterocycles. The molecule has 1 aliphatic rings. The van der Waals surface area contributed by atoms with Crippen LogP contribution >= 0.6 is 11.3 Å². The van der Waals surface area contributed by atoms with Gasteiger partial charge in [0.2, 0.25) is 0 Å². The molecule has 0 spiro atoms. The van der Waals surface area contributed by atoms with Crippen molar-refractivity contribution in [2.45, 2.75) is 25.3 Å². The second-order valence-electron chi connectivity index (χ2n) is 3.69. The van der Waals surface area contributed by atoms with Gasteiger partial charge in [-0.05, 0) is 24.3 Å². The van der Waals surface area contributed by atoms with Gasteiger partial charge in [0.25, 0.3) is 0 Å². The van der Waals surface area contributed by atoms with Crippen molar-refractivity contribution >= 4 is 16.3 Å². The smallest absolute Gasteiger partial charge is 0.324 e. The summed E-state index contributed by atoms with van der Waals surface area (Å²) in [6, 6.07) is 1.60. The summed E-state index contributed by atoms with van der Waals surface area (Å²) in [5.74, 6) is 0.532. The third-order valence-corrected chi connectivity index (χ3v) is 3.73. The molecule has 0 saturated heterocycles. The van der Waals surface area contributed by atoms with Crippen molar-refractivity contribution in [1.82, 2.24) is 0 Å². The zero-order valence-corrected chi connectivity index (χ0v) is 8.50. The summed E-state index contributed by atoms with van der Waals surface area (Å²) in [6.45, 7) is 0. The summed E-state index contributed by atoms with van der Waals surface area (Å²) < 4.78 is 0. The molecule has 0 unspecified atom stereocenters. The molecular weight excluding hydrogens is 200 g/mol. The number of thiophene rings is 1. The molecule has 0 aliphatic heterocycles. The zero-order valence-electron chi connectivity index (χ0n) is 7.68. The monoisotopic (exact) mass is 212 g/mol. The lowest BCUT2D eigenvalue weighted by Gasteiger charge is -2.30. The number of nitrogens with zero attached hydrogens (tertiary/aromatic N) is 1. The molecule has 0 amide bonds. The highest BCUT2D eigenvalue weighted by molar-refractivity contribution is 7.13. The van der Waals surface area contributed by atoms with Gasteiger partial charge in [-0.15, -0.1) is 0 Å². The van der Waals surface area contributed by atoms with Gasteiger partial charge >= 0.3 is 5.00 Å². The molecule has 1 aliphatic carbocycles. The van der Waals surface area contributed by atoms with E-state index in [2.05, 4.69) is 0 Å². The summed E-state index contributed by atoms with van der Waals surface area (Å²) in [7, 11) is 0. The topological polar surface area (TPSA) is 69.2 Å². The lowest BCUT2D eigenvalue weighted by atomic mass is 9.78. The molecule has 1 atom stereocenters. The molecule has 0 bridgehead atoms. The van der Waals surface area contributed by atoms with Crippen LogP contribution in [0.3, 0.4) is 0 Å². The Morgan fingerprint density at radius 1 is 1.64 bits per heavy atom. The van der Waals surface area contributed by atoms with Crippen LogP contribution in [0.5, 0.6) is 0 Å². The van der Waals surface area contributed by atoms with Crippen LogP contribution in [0.15, 0.2) is 11.4 Å². The predicted octanol–water partition coefficient (Wildman–Crippen LogP) is 2.46. The van der Waals surface area contributed by atoms with Crippen LogP contribution in [-0.2, 0) is 0 Å². The second-order valence-corrected chi connectivity index (χ2v) is 4.58. The maximum Gasteiger partial charge on any atom is 0.324 e. The highest BCUT2D eigenvalue weighted by Gasteiger charge is 2.27. The molecule has 76 valence electrons. The van der Waals surface area contributed by atoms with E-state index in [9.17, 15) is 10.1 Å². The number of hydrogen-bond donors (Lipinski definition) is 1. The van der Waals surface area contributed by atoms with Gasteiger partial charge in [-0.1, -0.05) is 17.8 Å². The molecule has 1 heterocycles. The van der Waals surface area contributed by atoms with Crippen molar-refractivity contribution in [3.8, 4) is 0 Å². The van der Waals surface area contributed by atoms with Crippen LogP contribution in [0.4, 0.5) is 5.00 Å². The lowest BCUT2D eigenvalue weighted by molar-refractivity contribution is -0.380. The van der Waals surface area contributed by atoms with Crippen LogP contribution in [0.2, 0.25) is 0 Å². The summed E-state index contributed by atoms with van der Waals surface area (Å²) in [6.07, 6.45) is 3.56. The molecule has 5 heteroatoms. The van der Waals surface area contributed by atoms with Gasteiger partial charge in [0.1, 0.15) is 0 Å². The van der Waals surface area contributed by atoms with E-state index in [0.29, 0.717) is 5.92 Å². The Kier molecular flexibility index (Phi) is 2.52. The van der Waals surface area contributed by atoms with Crippen LogP contribution in [0, 0.1) is 16.0 Å². The Morgan fingerprint density at radius 2 is 2.36 bits per heavy atom. The van der Waals surface area contributed by atoms with Crippen LogP contribution in [0.1, 0.15) is 30.9 Å². The number of hydrogen-bond acceptors (Lipinski definition) is 4. The summed E-state index contributed by atoms with van der Waals surface area (Å²) >= 11 is 1.16. The van der Waals surface area contributed by atoms with Gasteiger partial charge in [0.15, 0.2) is 0 Å². The molecule has 4 nitrogen and oxygen atoms in total. The third kappa shape index (κ3) is 1.65. The molecule has 0 aromatic carbocycles. The van der Waals surface area contributed by atoms with E-state index >= 15 is 0 Å². The van der Waals surface area contributed by atoms with Gasteiger partial charge in [0.05, 0.1) is 4.92 Å². The van der Waals surface area contributed by atoms with Gasteiger partial charge in [-0.3, -0.25) is 10.1 Å². The Morgan fingerprint density at radius 3 is 2.79 bits per heavy atom. The van der Waals surface area contributed by atoms with Crippen molar-refractivity contribution in [2.75, 3.05) is 0 Å². The molecule has 1 fully saturated rings. The second kappa shape index (κ2) is 3.67. The summed E-state index contributed by atoms with van der Waals surface area (Å²) in [4.78, 5) is 10.1. The van der Waals surface area contributed by atoms with Crippen molar-refractivity contribution in [3.05, 3.63) is 27.1 Å². The fourth-order valence-corrected chi connectivity index (χ4v) is 2.45. The quantitative estimate of drug-likeness (QED) is 0.618. The first-order chi connectivity index (χ1) is 6.68. The first-order valence-electron chi connectivity index (χ1n) is 4.67. The van der Waals surface area contributed by atoms with Gasteiger partial charge in [-0.25, -0.2) is 0 Å². The largest absolute Gasteiger partial charge is 0.324 e. The van der Waals surface area contributed by atoms with Gasteiger partial charge < -0.3 is 5.73 Å². The van der Waals surface area contributed by atoms with E-state index in [1.54, 1.807) is 11.4 Å². The van der Waals surface area contributed by atoms with E-state index in [1.165, 1.54) is 6.42 Å². The minimum atomic E-state index is -0.359. The van der Waals surface area contributed by atoms with Crippen LogP contribution < -0.4 is 5.73 Å². The Balaban J connectivity index is 2.11. The predicted molar refractivity (Wildman–Crippen MR) is 55.2 cm³/mol. The first kappa shape index (κ1) is 9.61. The summed E-state index contributed by atoms with van der Waals surface area (Å²) in [5, 5.41) is 12.5. The fourth-order valence-electron chi connectivity index (χ4n) is 1.68. The molecular formula is C9H12N2O2S. The van der Waals surface area contributed by atoms with E-state index in [1.807, 2.05) is 0 Å². The normalized spacial score (nSPS) is 18.9. The van der Waals surface area contributed by atoms with Gasteiger partial charge in [0, 0.05) is 17.5 Å². The SMILES string of the molecule is N[C@H](c1csc([N+](=O)[O-])c1)C1CCC1. The Bertz CT molecular complexity index is 346. The fraction of sp³-hybridized carbons (Fsp3) is 0.556. The number of rotatable bonds is 3. The standard InChI is InChI=1S/C9H12N2O2S/c10-9(6-2-1-3-6)7-4-8(11(12)13)14-5-7/h4-6,9H,1-3,10H2/t9-/m0/s1. The molecule has 14 heavy (non-hydrogen) atoms. The van der Waals surface area contributed by atoms with Gasteiger partial charge in [-0.2, -0.15) is 0 Å².